The van der Waals surface area contributed by atoms with Gasteiger partial charge in [0, 0.05) is 25.3 Å². The van der Waals surface area contributed by atoms with E-state index >= 15 is 0 Å². The number of piperidine rings is 1. The molecule has 5 nitrogen and oxygen atoms in total. The second kappa shape index (κ2) is 8.81. The van der Waals surface area contributed by atoms with Crippen molar-refractivity contribution in [2.24, 2.45) is 11.8 Å². The van der Waals surface area contributed by atoms with Gasteiger partial charge < -0.3 is 15.2 Å². The first-order chi connectivity index (χ1) is 15.2. The van der Waals surface area contributed by atoms with Gasteiger partial charge in [-0.15, -0.1) is 0 Å². The third kappa shape index (κ3) is 4.36. The number of nitrogens with zero attached hydrogens (tertiary/aromatic N) is 2. The van der Waals surface area contributed by atoms with Gasteiger partial charge in [-0.05, 0) is 61.8 Å². The molecular weight excluding hydrogens is 384 g/mol. The molecule has 1 saturated carbocycles. The molecule has 31 heavy (non-hydrogen) atoms. The van der Waals surface area contributed by atoms with Crippen LogP contribution in [0.2, 0.25) is 0 Å². The summed E-state index contributed by atoms with van der Waals surface area (Å²) >= 11 is 0. The molecule has 1 unspecified atom stereocenters. The van der Waals surface area contributed by atoms with Gasteiger partial charge in [0.1, 0.15) is 0 Å². The molecule has 2 aromatic carbocycles. The molecule has 1 saturated heterocycles. The van der Waals surface area contributed by atoms with E-state index in [-0.39, 0.29) is 5.69 Å². The van der Waals surface area contributed by atoms with E-state index in [2.05, 4.69) is 46.4 Å². The highest BCUT2D eigenvalue weighted by atomic mass is 16.1. The Morgan fingerprint density at radius 3 is 2.61 bits per heavy atom. The Bertz CT molecular complexity index is 1080. The molecule has 2 aliphatic rings. The molecule has 1 aliphatic heterocycles. The zero-order valence-corrected chi connectivity index (χ0v) is 18.6. The lowest BCUT2D eigenvalue weighted by Gasteiger charge is -2.34. The Morgan fingerprint density at radius 2 is 1.84 bits per heavy atom. The number of imidazole rings is 1. The highest BCUT2D eigenvalue weighted by Gasteiger charge is 2.22. The molecule has 164 valence electrons. The van der Waals surface area contributed by atoms with Crippen LogP contribution < -0.4 is 15.9 Å². The first-order valence-electron chi connectivity index (χ1n) is 12.0. The zero-order chi connectivity index (χ0) is 21.2. The van der Waals surface area contributed by atoms with E-state index < -0.39 is 0 Å². The summed E-state index contributed by atoms with van der Waals surface area (Å²) in [6, 6.07) is 14.7. The lowest BCUT2D eigenvalue weighted by molar-refractivity contribution is 0.319. The lowest BCUT2D eigenvalue weighted by atomic mass is 9.89. The normalized spacial score (nSPS) is 20.3. The molecule has 0 spiro atoms. The largest absolute Gasteiger partial charge is 0.370 e. The number of hydrogen-bond acceptors (Lipinski definition) is 3. The minimum absolute atomic E-state index is 0.0235. The first-order valence-corrected chi connectivity index (χ1v) is 12.0. The minimum Gasteiger partial charge on any atom is -0.370 e. The van der Waals surface area contributed by atoms with E-state index in [1.165, 1.54) is 50.6 Å². The van der Waals surface area contributed by atoms with E-state index in [9.17, 15) is 4.79 Å². The summed E-state index contributed by atoms with van der Waals surface area (Å²) in [5, 5.41) is 3.61. The van der Waals surface area contributed by atoms with Crippen molar-refractivity contribution in [3.63, 3.8) is 0 Å². The van der Waals surface area contributed by atoms with Crippen molar-refractivity contribution in [3.05, 3.63) is 52.9 Å². The number of benzene rings is 2. The molecule has 0 bridgehead atoms. The molecule has 1 aliphatic carbocycles. The molecule has 2 heterocycles. The monoisotopic (exact) mass is 418 g/mol. The van der Waals surface area contributed by atoms with Gasteiger partial charge in [-0.3, -0.25) is 4.57 Å². The Labute approximate surface area is 184 Å². The summed E-state index contributed by atoms with van der Waals surface area (Å²) in [6.45, 7) is 5.30. The molecule has 2 fully saturated rings. The SMILES string of the molecule is CC1CCCN(c2cc3c(cc2Nc2ccccc2)[nH]c(=O)n3CC2CCCCC2)C1. The number of para-hydroxylation sites is 1. The standard InChI is InChI=1S/C26H34N4O/c1-19-9-8-14-29(17-19)24-16-25-23(15-22(24)27-21-12-6-3-7-13-21)28-26(31)30(25)18-20-10-4-2-5-11-20/h3,6-7,12-13,15-16,19-20,27H,2,4-5,8-11,14,17-18H2,1H3,(H,28,31). The third-order valence-electron chi connectivity index (χ3n) is 7.11. The number of fused-ring (bicyclic) bond motifs is 1. The van der Waals surface area contributed by atoms with Gasteiger partial charge in [0.2, 0.25) is 0 Å². The van der Waals surface area contributed by atoms with E-state index in [1.807, 2.05) is 22.8 Å². The number of aromatic nitrogens is 2. The predicted molar refractivity (Wildman–Crippen MR) is 129 cm³/mol. The van der Waals surface area contributed by atoms with Crippen LogP contribution in [0.5, 0.6) is 0 Å². The van der Waals surface area contributed by atoms with Crippen molar-refractivity contribution >= 4 is 28.1 Å². The maximum Gasteiger partial charge on any atom is 0.326 e. The second-order valence-corrected chi connectivity index (χ2v) is 9.62. The van der Waals surface area contributed by atoms with Crippen LogP contribution in [0.1, 0.15) is 51.9 Å². The maximum absolute atomic E-state index is 12.9. The zero-order valence-electron chi connectivity index (χ0n) is 18.6. The minimum atomic E-state index is 0.0235. The smallest absolute Gasteiger partial charge is 0.326 e. The van der Waals surface area contributed by atoms with Crippen LogP contribution in [0, 0.1) is 11.8 Å². The van der Waals surface area contributed by atoms with Crippen LogP contribution >= 0.6 is 0 Å². The summed E-state index contributed by atoms with van der Waals surface area (Å²) in [5.41, 5.74) is 5.33. The van der Waals surface area contributed by atoms with Crippen molar-refractivity contribution in [1.82, 2.24) is 9.55 Å². The number of anilines is 3. The molecule has 3 aromatic rings. The summed E-state index contributed by atoms with van der Waals surface area (Å²) in [7, 11) is 0. The van der Waals surface area contributed by atoms with E-state index in [0.717, 1.165) is 42.0 Å². The Morgan fingerprint density at radius 1 is 1.03 bits per heavy atom. The molecule has 0 amide bonds. The highest BCUT2D eigenvalue weighted by molar-refractivity contribution is 5.90. The fraction of sp³-hybridized carbons (Fsp3) is 0.500. The topological polar surface area (TPSA) is 53.1 Å². The Kier molecular flexibility index (Phi) is 5.75. The molecule has 1 atom stereocenters. The molecule has 5 heteroatoms. The summed E-state index contributed by atoms with van der Waals surface area (Å²) in [5.74, 6) is 1.30. The Hall–Kier alpha value is -2.69. The van der Waals surface area contributed by atoms with Crippen molar-refractivity contribution in [2.75, 3.05) is 23.3 Å². The van der Waals surface area contributed by atoms with E-state index in [4.69, 9.17) is 0 Å². The van der Waals surface area contributed by atoms with Gasteiger partial charge in [0.05, 0.1) is 22.4 Å². The average molecular weight is 419 g/mol. The maximum atomic E-state index is 12.9. The number of nitrogens with one attached hydrogen (secondary N) is 2. The van der Waals surface area contributed by atoms with Crippen molar-refractivity contribution in [1.29, 1.82) is 0 Å². The average Bonchev–Trinajstić information content (AvgIpc) is 3.08. The lowest BCUT2D eigenvalue weighted by Crippen LogP contribution is -2.34. The number of rotatable bonds is 5. The quantitative estimate of drug-likeness (QED) is 0.543. The van der Waals surface area contributed by atoms with E-state index in [0.29, 0.717) is 11.8 Å². The van der Waals surface area contributed by atoms with Gasteiger partial charge in [0.25, 0.3) is 0 Å². The highest BCUT2D eigenvalue weighted by Crippen LogP contribution is 2.35. The van der Waals surface area contributed by atoms with Crippen LogP contribution in [-0.4, -0.2) is 22.6 Å². The molecule has 0 radical (unpaired) electrons. The summed E-state index contributed by atoms with van der Waals surface area (Å²) in [4.78, 5) is 18.5. The van der Waals surface area contributed by atoms with Crippen LogP contribution in [0.15, 0.2) is 47.3 Å². The number of H-pyrrole nitrogens is 1. The summed E-state index contributed by atoms with van der Waals surface area (Å²) in [6.07, 6.45) is 8.91. The molecule has 2 N–H and O–H groups in total. The van der Waals surface area contributed by atoms with Crippen molar-refractivity contribution < 1.29 is 0 Å². The predicted octanol–water partition coefficient (Wildman–Crippen LogP) is 5.89. The second-order valence-electron chi connectivity index (χ2n) is 9.62. The van der Waals surface area contributed by atoms with Gasteiger partial charge in [-0.25, -0.2) is 4.79 Å². The van der Waals surface area contributed by atoms with Gasteiger partial charge in [-0.1, -0.05) is 44.4 Å². The number of hydrogen-bond donors (Lipinski definition) is 2. The fourth-order valence-electron chi connectivity index (χ4n) is 5.45. The molecule has 1 aromatic heterocycles. The molecule has 5 rings (SSSR count). The van der Waals surface area contributed by atoms with Crippen LogP contribution in [-0.2, 0) is 6.54 Å². The van der Waals surface area contributed by atoms with Crippen LogP contribution in [0.25, 0.3) is 11.0 Å². The van der Waals surface area contributed by atoms with E-state index in [1.54, 1.807) is 0 Å². The van der Waals surface area contributed by atoms with Crippen LogP contribution in [0.4, 0.5) is 17.1 Å². The summed E-state index contributed by atoms with van der Waals surface area (Å²) < 4.78 is 1.99. The molecular formula is C26H34N4O. The van der Waals surface area contributed by atoms with Crippen LogP contribution in [0.3, 0.4) is 0 Å². The van der Waals surface area contributed by atoms with Gasteiger partial charge in [0.15, 0.2) is 0 Å². The first kappa shape index (κ1) is 20.2. The van der Waals surface area contributed by atoms with Crippen molar-refractivity contribution in [2.45, 2.75) is 58.4 Å². The van der Waals surface area contributed by atoms with Gasteiger partial charge >= 0.3 is 5.69 Å². The Balaban J connectivity index is 1.56. The van der Waals surface area contributed by atoms with Gasteiger partial charge in [-0.2, -0.15) is 0 Å². The number of aromatic amines is 1. The van der Waals surface area contributed by atoms with Crippen molar-refractivity contribution in [3.8, 4) is 0 Å². The fourth-order valence-corrected chi connectivity index (χ4v) is 5.45. The third-order valence-corrected chi connectivity index (χ3v) is 7.11.